The smallest absolute Gasteiger partial charge is 0.149 e. The summed E-state index contributed by atoms with van der Waals surface area (Å²) in [5.74, 6) is 1.55. The van der Waals surface area contributed by atoms with E-state index in [1.807, 2.05) is 48.0 Å². The summed E-state index contributed by atoms with van der Waals surface area (Å²) in [5, 5.41) is 12.4. The van der Waals surface area contributed by atoms with Gasteiger partial charge in [-0.25, -0.2) is 4.98 Å². The fourth-order valence-electron chi connectivity index (χ4n) is 4.05. The minimum atomic E-state index is 0. The third kappa shape index (κ3) is 4.11. The standard InChI is InChI=1S/C24H23N5O.ClH/c1-16-14-29(15-25-16)22-11-8-18(13-23(22)30-2)20-10-12-24(28-27-20)26-21-9-7-17-5-3-4-6-19(17)21;/h3-6,8,10-15,21H,7,9H2,1-2H3,(H,26,28);1H. The molecule has 0 saturated heterocycles. The van der Waals surface area contributed by atoms with Gasteiger partial charge in [0.25, 0.3) is 0 Å². The Labute approximate surface area is 187 Å². The van der Waals surface area contributed by atoms with E-state index >= 15 is 0 Å². The molecule has 0 radical (unpaired) electrons. The van der Waals surface area contributed by atoms with E-state index in [2.05, 4.69) is 44.8 Å². The van der Waals surface area contributed by atoms with Crippen molar-refractivity contribution in [2.45, 2.75) is 25.8 Å². The summed E-state index contributed by atoms with van der Waals surface area (Å²) in [6.07, 6.45) is 5.93. The lowest BCUT2D eigenvalue weighted by Gasteiger charge is -2.15. The van der Waals surface area contributed by atoms with E-state index < -0.39 is 0 Å². The number of ether oxygens (including phenoxy) is 1. The largest absolute Gasteiger partial charge is 0.495 e. The zero-order chi connectivity index (χ0) is 20.5. The first-order valence-corrected chi connectivity index (χ1v) is 10.1. The predicted octanol–water partition coefficient (Wildman–Crippen LogP) is 5.17. The van der Waals surface area contributed by atoms with E-state index in [-0.39, 0.29) is 12.4 Å². The molecular weight excluding hydrogens is 410 g/mol. The average Bonchev–Trinajstić information content (AvgIpc) is 3.40. The second-order valence-corrected chi connectivity index (χ2v) is 7.55. The van der Waals surface area contributed by atoms with Crippen LogP contribution >= 0.6 is 12.4 Å². The summed E-state index contributed by atoms with van der Waals surface area (Å²) in [6, 6.07) is 18.9. The number of hydrogen-bond donors (Lipinski definition) is 1. The molecule has 0 bridgehead atoms. The lowest BCUT2D eigenvalue weighted by molar-refractivity contribution is 0.413. The minimum absolute atomic E-state index is 0. The van der Waals surface area contributed by atoms with Crippen molar-refractivity contribution in [2.24, 2.45) is 0 Å². The number of hydrogen-bond acceptors (Lipinski definition) is 5. The summed E-state index contributed by atoms with van der Waals surface area (Å²) >= 11 is 0. The zero-order valence-electron chi connectivity index (χ0n) is 17.4. The Bertz CT molecular complexity index is 1190. The van der Waals surface area contributed by atoms with Gasteiger partial charge in [-0.15, -0.1) is 22.6 Å². The maximum Gasteiger partial charge on any atom is 0.149 e. The van der Waals surface area contributed by atoms with Gasteiger partial charge in [0, 0.05) is 11.8 Å². The highest BCUT2D eigenvalue weighted by Gasteiger charge is 2.22. The van der Waals surface area contributed by atoms with Gasteiger partial charge < -0.3 is 14.6 Å². The lowest BCUT2D eigenvalue weighted by Crippen LogP contribution is -2.09. The van der Waals surface area contributed by atoms with E-state index in [1.54, 1.807) is 13.4 Å². The molecule has 7 heteroatoms. The van der Waals surface area contributed by atoms with Crippen LogP contribution in [-0.2, 0) is 6.42 Å². The van der Waals surface area contributed by atoms with E-state index in [0.29, 0.717) is 6.04 Å². The first-order chi connectivity index (χ1) is 14.7. The van der Waals surface area contributed by atoms with E-state index in [1.165, 1.54) is 11.1 Å². The molecule has 1 aliphatic rings. The first-order valence-electron chi connectivity index (χ1n) is 10.1. The average molecular weight is 434 g/mol. The Morgan fingerprint density at radius 3 is 2.68 bits per heavy atom. The number of fused-ring (bicyclic) bond motifs is 1. The molecule has 2 heterocycles. The molecule has 1 atom stereocenters. The molecule has 31 heavy (non-hydrogen) atoms. The van der Waals surface area contributed by atoms with E-state index in [0.717, 1.165) is 47.0 Å². The summed E-state index contributed by atoms with van der Waals surface area (Å²) in [7, 11) is 1.67. The fraction of sp³-hybridized carbons (Fsp3) is 0.208. The highest BCUT2D eigenvalue weighted by atomic mass is 35.5. The minimum Gasteiger partial charge on any atom is -0.495 e. The highest BCUT2D eigenvalue weighted by Crippen LogP contribution is 2.33. The van der Waals surface area contributed by atoms with Crippen LogP contribution in [0, 0.1) is 6.92 Å². The van der Waals surface area contributed by atoms with E-state index in [9.17, 15) is 0 Å². The van der Waals surface area contributed by atoms with Crippen molar-refractivity contribution in [3.8, 4) is 22.7 Å². The number of nitrogens with one attached hydrogen (secondary N) is 1. The van der Waals surface area contributed by atoms with Crippen LogP contribution in [0.2, 0.25) is 0 Å². The SMILES string of the molecule is COc1cc(-c2ccc(NC3CCc4ccccc43)nn2)ccc1-n1cnc(C)c1.Cl. The molecule has 158 valence electrons. The maximum absolute atomic E-state index is 5.61. The summed E-state index contributed by atoms with van der Waals surface area (Å²) in [4.78, 5) is 4.29. The maximum atomic E-state index is 5.61. The molecule has 0 fully saturated rings. The molecule has 1 N–H and O–H groups in total. The first kappa shape index (κ1) is 20.9. The molecule has 2 aromatic heterocycles. The van der Waals surface area contributed by atoms with Crippen molar-refractivity contribution < 1.29 is 4.74 Å². The molecule has 0 spiro atoms. The Balaban J connectivity index is 0.00000231. The van der Waals surface area contributed by atoms with Gasteiger partial charge in [-0.1, -0.05) is 30.3 Å². The van der Waals surface area contributed by atoms with Gasteiger partial charge in [0.1, 0.15) is 11.6 Å². The van der Waals surface area contributed by atoms with Crippen LogP contribution in [0.1, 0.15) is 29.3 Å². The normalized spacial score (nSPS) is 14.6. The van der Waals surface area contributed by atoms with Crippen LogP contribution < -0.4 is 10.1 Å². The Kier molecular flexibility index (Phi) is 5.91. The summed E-state index contributed by atoms with van der Waals surface area (Å²) in [6.45, 7) is 1.96. The number of imidazole rings is 1. The lowest BCUT2D eigenvalue weighted by atomic mass is 10.1. The third-order valence-electron chi connectivity index (χ3n) is 5.58. The Morgan fingerprint density at radius 1 is 1.06 bits per heavy atom. The molecule has 6 nitrogen and oxygen atoms in total. The van der Waals surface area contributed by atoms with Crippen molar-refractivity contribution in [2.75, 3.05) is 12.4 Å². The summed E-state index contributed by atoms with van der Waals surface area (Å²) in [5.41, 5.74) is 6.43. The monoisotopic (exact) mass is 433 g/mol. The molecular formula is C24H24ClN5O. The van der Waals surface area contributed by atoms with Crippen molar-refractivity contribution in [3.05, 3.63) is 83.9 Å². The number of methoxy groups -OCH3 is 1. The van der Waals surface area contributed by atoms with Gasteiger partial charge in [-0.3, -0.25) is 0 Å². The molecule has 1 aliphatic carbocycles. The summed E-state index contributed by atoms with van der Waals surface area (Å²) < 4.78 is 7.56. The van der Waals surface area contributed by atoms with Crippen molar-refractivity contribution in [1.82, 2.24) is 19.7 Å². The van der Waals surface area contributed by atoms with Crippen LogP contribution in [0.5, 0.6) is 5.75 Å². The van der Waals surface area contributed by atoms with Gasteiger partial charge >= 0.3 is 0 Å². The molecule has 0 amide bonds. The predicted molar refractivity (Wildman–Crippen MR) is 124 cm³/mol. The Morgan fingerprint density at radius 2 is 1.94 bits per heavy atom. The molecule has 5 rings (SSSR count). The van der Waals surface area contributed by atoms with Crippen LogP contribution in [0.3, 0.4) is 0 Å². The van der Waals surface area contributed by atoms with Crippen molar-refractivity contribution in [3.63, 3.8) is 0 Å². The Hall–Kier alpha value is -3.38. The number of halogens is 1. The number of aromatic nitrogens is 4. The van der Waals surface area contributed by atoms with Crippen molar-refractivity contribution >= 4 is 18.2 Å². The number of rotatable bonds is 5. The van der Waals surface area contributed by atoms with E-state index in [4.69, 9.17) is 4.74 Å². The third-order valence-corrected chi connectivity index (χ3v) is 5.58. The quantitative estimate of drug-likeness (QED) is 0.470. The second-order valence-electron chi connectivity index (χ2n) is 7.55. The molecule has 4 aromatic rings. The van der Waals surface area contributed by atoms with Crippen LogP contribution in [-0.4, -0.2) is 26.9 Å². The molecule has 2 aromatic carbocycles. The molecule has 0 aliphatic heterocycles. The van der Waals surface area contributed by atoms with Gasteiger partial charge in [-0.2, -0.15) is 0 Å². The van der Waals surface area contributed by atoms with Crippen LogP contribution in [0.25, 0.3) is 16.9 Å². The van der Waals surface area contributed by atoms with Crippen molar-refractivity contribution in [1.29, 1.82) is 0 Å². The molecule has 1 unspecified atom stereocenters. The second kappa shape index (κ2) is 8.78. The fourth-order valence-corrected chi connectivity index (χ4v) is 4.05. The van der Waals surface area contributed by atoms with Gasteiger partial charge in [0.2, 0.25) is 0 Å². The molecule has 0 saturated carbocycles. The van der Waals surface area contributed by atoms with Crippen LogP contribution in [0.15, 0.2) is 67.1 Å². The number of benzene rings is 2. The number of nitrogens with zero attached hydrogens (tertiary/aromatic N) is 4. The highest BCUT2D eigenvalue weighted by molar-refractivity contribution is 5.85. The van der Waals surface area contributed by atoms with Gasteiger partial charge in [-0.05, 0) is 55.2 Å². The number of aryl methyl sites for hydroxylation is 2. The van der Waals surface area contributed by atoms with Gasteiger partial charge in [0.15, 0.2) is 0 Å². The van der Waals surface area contributed by atoms with Crippen LogP contribution in [0.4, 0.5) is 5.82 Å². The zero-order valence-corrected chi connectivity index (χ0v) is 18.3. The topological polar surface area (TPSA) is 64.9 Å². The van der Waals surface area contributed by atoms with Gasteiger partial charge in [0.05, 0.1) is 36.6 Å². The number of anilines is 1.